The molecule has 1 aromatic carbocycles. The van der Waals surface area contributed by atoms with Crippen molar-refractivity contribution in [2.45, 2.75) is 31.1 Å². The molecule has 1 atom stereocenters. The van der Waals surface area contributed by atoms with Gasteiger partial charge in [0, 0.05) is 24.7 Å². The van der Waals surface area contributed by atoms with Gasteiger partial charge in [-0.15, -0.1) is 12.4 Å². The lowest BCUT2D eigenvalue weighted by molar-refractivity contribution is -0.188. The fourth-order valence-corrected chi connectivity index (χ4v) is 2.47. The van der Waals surface area contributed by atoms with Crippen molar-refractivity contribution in [3.63, 3.8) is 0 Å². The summed E-state index contributed by atoms with van der Waals surface area (Å²) in [6.07, 6.45) is -3.34. The van der Waals surface area contributed by atoms with Crippen LogP contribution in [-0.2, 0) is 0 Å². The minimum absolute atomic E-state index is 0. The molecule has 0 bridgehead atoms. The maximum Gasteiger partial charge on any atom is 0.408 e. The average Bonchev–Trinajstić information content (AvgIpc) is 3.23. The van der Waals surface area contributed by atoms with Gasteiger partial charge < -0.3 is 5.73 Å². The zero-order chi connectivity index (χ0) is 15.6. The first-order valence-electron chi connectivity index (χ1n) is 6.61. The van der Waals surface area contributed by atoms with E-state index >= 15 is 0 Å². The second kappa shape index (κ2) is 7.27. The maximum absolute atomic E-state index is 14.2. The molecule has 3 nitrogen and oxygen atoms in total. The summed E-state index contributed by atoms with van der Waals surface area (Å²) in [7, 11) is 0. The lowest BCUT2D eigenvalue weighted by Crippen LogP contribution is -2.43. The molecule has 2 rings (SSSR count). The molecule has 1 aliphatic rings. The molecule has 122 valence electrons. The molecule has 0 amide bonds. The summed E-state index contributed by atoms with van der Waals surface area (Å²) in [5.74, 6) is -1.11. The molecule has 1 aliphatic carbocycles. The summed E-state index contributed by atoms with van der Waals surface area (Å²) in [6.45, 7) is 0.0910. The molecule has 0 spiro atoms. The van der Waals surface area contributed by atoms with Gasteiger partial charge in [0.25, 0.3) is 0 Å². The van der Waals surface area contributed by atoms with Gasteiger partial charge >= 0.3 is 6.18 Å². The monoisotopic (exact) mass is 337 g/mol. The van der Waals surface area contributed by atoms with Crippen LogP contribution >= 0.6 is 12.4 Å². The third-order valence-electron chi connectivity index (χ3n) is 3.49. The fraction of sp³-hybridized carbons (Fsp3) is 0.500. The minimum Gasteiger partial charge on any atom is -0.329 e. The van der Waals surface area contributed by atoms with Crippen LogP contribution < -0.4 is 5.73 Å². The Hall–Kier alpha value is -1.36. The quantitative estimate of drug-likeness (QED) is 0.840. The molecule has 1 fully saturated rings. The molecule has 0 radical (unpaired) electrons. The number of alkyl halides is 3. The van der Waals surface area contributed by atoms with Crippen LogP contribution in [0.5, 0.6) is 0 Å². The number of rotatable bonds is 5. The predicted molar refractivity (Wildman–Crippen MR) is 75.9 cm³/mol. The molecule has 0 aliphatic heterocycles. The topological polar surface area (TPSA) is 53.0 Å². The molecule has 0 aromatic heterocycles. The van der Waals surface area contributed by atoms with Crippen LogP contribution in [0.15, 0.2) is 18.2 Å². The Labute approximate surface area is 132 Å². The zero-order valence-electron chi connectivity index (χ0n) is 11.6. The van der Waals surface area contributed by atoms with Gasteiger partial charge in [-0.3, -0.25) is 4.90 Å². The number of hydrogen-bond donors (Lipinski definition) is 1. The second-order valence-corrected chi connectivity index (χ2v) is 5.02. The first-order valence-corrected chi connectivity index (χ1v) is 6.61. The van der Waals surface area contributed by atoms with Crippen molar-refractivity contribution in [1.82, 2.24) is 4.90 Å². The summed E-state index contributed by atoms with van der Waals surface area (Å²) >= 11 is 0. The van der Waals surface area contributed by atoms with E-state index in [0.29, 0.717) is 12.8 Å². The smallest absolute Gasteiger partial charge is 0.329 e. The van der Waals surface area contributed by atoms with Crippen molar-refractivity contribution in [1.29, 1.82) is 5.26 Å². The summed E-state index contributed by atoms with van der Waals surface area (Å²) in [4.78, 5) is 1.19. The Morgan fingerprint density at radius 1 is 1.36 bits per heavy atom. The number of nitrogens with two attached hydrogens (primary N) is 1. The minimum atomic E-state index is -4.63. The Morgan fingerprint density at radius 2 is 2.00 bits per heavy atom. The van der Waals surface area contributed by atoms with Crippen LogP contribution in [0.2, 0.25) is 0 Å². The van der Waals surface area contributed by atoms with Gasteiger partial charge in [0.2, 0.25) is 0 Å². The van der Waals surface area contributed by atoms with E-state index in [1.54, 1.807) is 6.07 Å². The van der Waals surface area contributed by atoms with Crippen LogP contribution in [0.25, 0.3) is 0 Å². The first-order chi connectivity index (χ1) is 9.90. The molecule has 1 unspecified atom stereocenters. The van der Waals surface area contributed by atoms with Gasteiger partial charge in [-0.05, 0) is 18.9 Å². The van der Waals surface area contributed by atoms with Crippen molar-refractivity contribution < 1.29 is 17.6 Å². The van der Waals surface area contributed by atoms with E-state index in [2.05, 4.69) is 0 Å². The predicted octanol–water partition coefficient (Wildman–Crippen LogP) is 3.15. The van der Waals surface area contributed by atoms with E-state index in [9.17, 15) is 17.6 Å². The van der Waals surface area contributed by atoms with Gasteiger partial charge in [0.05, 0.1) is 5.56 Å². The Bertz CT molecular complexity index is 552. The molecule has 0 heterocycles. The van der Waals surface area contributed by atoms with Gasteiger partial charge in [-0.1, -0.05) is 12.1 Å². The highest BCUT2D eigenvalue weighted by Crippen LogP contribution is 2.44. The summed E-state index contributed by atoms with van der Waals surface area (Å²) in [6, 6.07) is 2.79. The van der Waals surface area contributed by atoms with E-state index in [0.717, 1.165) is 12.1 Å². The molecule has 0 saturated heterocycles. The SMILES string of the molecule is Cl.N#Cc1cccc(C(N(CCN)C2CC2)C(F)(F)F)c1F. The normalized spacial score (nSPS) is 16.0. The van der Waals surface area contributed by atoms with Crippen LogP contribution in [0.3, 0.4) is 0 Å². The van der Waals surface area contributed by atoms with E-state index in [4.69, 9.17) is 11.0 Å². The van der Waals surface area contributed by atoms with Gasteiger partial charge in [-0.25, -0.2) is 4.39 Å². The third-order valence-corrected chi connectivity index (χ3v) is 3.49. The number of benzene rings is 1. The Kier molecular flexibility index (Phi) is 6.17. The molecule has 8 heteroatoms. The fourth-order valence-electron chi connectivity index (χ4n) is 2.47. The highest BCUT2D eigenvalue weighted by Gasteiger charge is 2.49. The van der Waals surface area contributed by atoms with E-state index in [1.807, 2.05) is 0 Å². The van der Waals surface area contributed by atoms with Crippen molar-refractivity contribution in [2.24, 2.45) is 5.73 Å². The highest BCUT2D eigenvalue weighted by molar-refractivity contribution is 5.85. The summed E-state index contributed by atoms with van der Waals surface area (Å²) < 4.78 is 54.5. The van der Waals surface area contributed by atoms with E-state index in [-0.39, 0.29) is 37.1 Å². The number of hydrogen-bond acceptors (Lipinski definition) is 3. The zero-order valence-corrected chi connectivity index (χ0v) is 12.4. The Balaban J connectivity index is 0.00000242. The second-order valence-electron chi connectivity index (χ2n) is 5.02. The molecular formula is C14H16ClF4N3. The van der Waals surface area contributed by atoms with Crippen LogP contribution in [0.4, 0.5) is 17.6 Å². The largest absolute Gasteiger partial charge is 0.408 e. The number of halogens is 5. The molecule has 1 saturated carbocycles. The molecule has 22 heavy (non-hydrogen) atoms. The third kappa shape index (κ3) is 3.88. The lowest BCUT2D eigenvalue weighted by Gasteiger charge is -2.33. The molecule has 2 N–H and O–H groups in total. The number of nitrogens with zero attached hydrogens (tertiary/aromatic N) is 2. The van der Waals surface area contributed by atoms with Gasteiger partial charge in [0.1, 0.15) is 17.9 Å². The maximum atomic E-state index is 14.2. The van der Waals surface area contributed by atoms with Crippen LogP contribution in [0, 0.1) is 17.1 Å². The average molecular weight is 338 g/mol. The van der Waals surface area contributed by atoms with E-state index < -0.39 is 23.6 Å². The standard InChI is InChI=1S/C14H15F4N3.ClH/c15-12-9(8-20)2-1-3-11(12)13(14(16,17)18)21(7-6-19)10-4-5-10;/h1-3,10,13H,4-7,19H2;1H. The lowest BCUT2D eigenvalue weighted by atomic mass is 10.0. The Morgan fingerprint density at radius 3 is 2.45 bits per heavy atom. The van der Waals surface area contributed by atoms with Crippen molar-refractivity contribution in [2.75, 3.05) is 13.1 Å². The summed E-state index contributed by atoms with van der Waals surface area (Å²) in [5, 5.41) is 8.79. The van der Waals surface area contributed by atoms with Crippen molar-refractivity contribution >= 4 is 12.4 Å². The van der Waals surface area contributed by atoms with Crippen molar-refractivity contribution in [3.05, 3.63) is 35.1 Å². The molecular weight excluding hydrogens is 322 g/mol. The van der Waals surface area contributed by atoms with Gasteiger partial charge in [-0.2, -0.15) is 18.4 Å². The molecule has 1 aromatic rings. The highest BCUT2D eigenvalue weighted by atomic mass is 35.5. The van der Waals surface area contributed by atoms with Crippen molar-refractivity contribution in [3.8, 4) is 6.07 Å². The van der Waals surface area contributed by atoms with E-state index in [1.165, 1.54) is 11.0 Å². The van der Waals surface area contributed by atoms with Gasteiger partial charge in [0.15, 0.2) is 0 Å². The first kappa shape index (κ1) is 18.7. The summed E-state index contributed by atoms with van der Waals surface area (Å²) in [5.41, 5.74) is 4.50. The number of nitriles is 1. The van der Waals surface area contributed by atoms with Crippen LogP contribution in [-0.4, -0.2) is 30.2 Å². The van der Waals surface area contributed by atoms with Crippen LogP contribution in [0.1, 0.15) is 30.0 Å².